The molecule has 614 valence electrons. The fourth-order valence-electron chi connectivity index (χ4n) is 19.3. The van der Waals surface area contributed by atoms with Gasteiger partial charge < -0.3 is 0 Å². The first-order valence-electron chi connectivity index (χ1n) is 44.3. The highest BCUT2D eigenvalue weighted by molar-refractivity contribution is 5.97. The third-order valence-corrected chi connectivity index (χ3v) is 26.0. The van der Waals surface area contributed by atoms with E-state index >= 15 is 0 Å². The van der Waals surface area contributed by atoms with E-state index in [-0.39, 0.29) is 16.2 Å². The van der Waals surface area contributed by atoms with Crippen molar-refractivity contribution in [1.29, 1.82) is 0 Å². The maximum atomic E-state index is 5.05. The minimum atomic E-state index is -0.0321. The maximum absolute atomic E-state index is 5.05. The lowest BCUT2D eigenvalue weighted by atomic mass is 9.82. The van der Waals surface area contributed by atoms with Crippen LogP contribution in [-0.2, 0) is 16.2 Å². The highest BCUT2D eigenvalue weighted by Gasteiger charge is 2.40. The van der Waals surface area contributed by atoms with Crippen LogP contribution in [0.2, 0.25) is 0 Å². The van der Waals surface area contributed by atoms with Crippen molar-refractivity contribution in [3.63, 3.8) is 0 Å². The normalized spacial score (nSPS) is 12.9. The minimum absolute atomic E-state index is 0.0113. The fourth-order valence-corrected chi connectivity index (χ4v) is 19.3. The van der Waals surface area contributed by atoms with E-state index in [1.807, 2.05) is 109 Å². The van der Waals surface area contributed by atoms with Crippen molar-refractivity contribution in [3.05, 3.63) is 476 Å². The van der Waals surface area contributed by atoms with Gasteiger partial charge in [0, 0.05) is 66.3 Å². The van der Waals surface area contributed by atoms with E-state index in [0.717, 1.165) is 107 Å². The van der Waals surface area contributed by atoms with Gasteiger partial charge >= 0.3 is 0 Å². The molecule has 0 fully saturated rings. The van der Waals surface area contributed by atoms with Crippen LogP contribution in [0, 0.1) is 0 Å². The van der Waals surface area contributed by atoms with E-state index in [4.69, 9.17) is 34.9 Å². The van der Waals surface area contributed by atoms with Crippen LogP contribution >= 0.6 is 0 Å². The molecular weight excluding hydrogens is 1560 g/mol. The van der Waals surface area contributed by atoms with Gasteiger partial charge in [-0.15, -0.1) is 0 Å². The van der Waals surface area contributed by atoms with Crippen LogP contribution in [-0.4, -0.2) is 34.9 Å². The van der Waals surface area contributed by atoms with Gasteiger partial charge in [0.1, 0.15) is 0 Å². The number of aromatic nitrogens is 7. The molecule has 3 heterocycles. The van der Waals surface area contributed by atoms with Gasteiger partial charge in [-0.1, -0.05) is 448 Å². The predicted octanol–water partition coefficient (Wildman–Crippen LogP) is 31.1. The molecule has 0 aliphatic heterocycles. The van der Waals surface area contributed by atoms with E-state index in [1.165, 1.54) is 100 Å². The Balaban J connectivity index is 0.000000118. The van der Waals surface area contributed by atoms with E-state index in [2.05, 4.69) is 375 Å². The Morgan fingerprint density at radius 1 is 0.132 bits per heavy atom. The molecule has 7 heteroatoms. The van der Waals surface area contributed by atoms with Crippen molar-refractivity contribution in [3.8, 4) is 191 Å². The standard InChI is InChI=1S/C43H32N2.C42H31N3.C37H28N2/c1-43(2)37-21-10-9-19-36(37)41-35(20-12-22-38(41)43)30-25-23-29(24-26-30)33-17-11-18-34(27-33)42-44-39(31-13-5-3-6-14-31)28-40(45-42)32-15-7-4-8-16-32;1-42(2)36-24-10-9-22-35(36)38-34(23-13-25-37(38)42)32-20-11-18-30(26-32)31-19-12-21-33(27-31)41-44-39(28-14-5-3-6-15-28)43-40(45-41)29-16-7-4-8-17-29;1-37(2)31-21-10-9-19-30(31)35-29(20-12-22-32(35)37)27-17-11-18-28(23-27)36-38-33(25-13-5-3-6-14-25)24-34(39-36)26-15-7-4-8-16-26/h3-28H,1-2H3;3-27H,1-2H3;3-24H,1-2H3. The molecule has 0 spiro atoms. The van der Waals surface area contributed by atoms with Crippen LogP contribution in [0.3, 0.4) is 0 Å². The average molecular weight is 1660 g/mol. The second kappa shape index (κ2) is 33.8. The lowest BCUT2D eigenvalue weighted by molar-refractivity contribution is 0.660. The molecule has 23 rings (SSSR count). The Morgan fingerprint density at radius 2 is 0.333 bits per heavy atom. The molecule has 0 saturated carbocycles. The second-order valence-electron chi connectivity index (χ2n) is 35.0. The Bertz CT molecular complexity index is 7420. The van der Waals surface area contributed by atoms with Crippen LogP contribution < -0.4 is 0 Å². The monoisotopic (exact) mass is 1650 g/mol. The fraction of sp³-hybridized carbons (Fsp3) is 0.0738. The van der Waals surface area contributed by atoms with Crippen LogP contribution in [0.15, 0.2) is 443 Å². The zero-order valence-corrected chi connectivity index (χ0v) is 72.8. The Hall–Kier alpha value is -16.1. The van der Waals surface area contributed by atoms with Gasteiger partial charge in [0.25, 0.3) is 0 Å². The van der Waals surface area contributed by atoms with Gasteiger partial charge in [0.05, 0.1) is 22.8 Å². The van der Waals surface area contributed by atoms with Crippen molar-refractivity contribution in [1.82, 2.24) is 34.9 Å². The number of rotatable bonds is 14. The summed E-state index contributed by atoms with van der Waals surface area (Å²) in [4.78, 5) is 34.9. The molecule has 0 atom stereocenters. The molecule has 3 aliphatic carbocycles. The molecule has 0 amide bonds. The zero-order valence-electron chi connectivity index (χ0n) is 72.8. The number of hydrogen-bond donors (Lipinski definition) is 0. The van der Waals surface area contributed by atoms with Crippen LogP contribution in [0.25, 0.3) is 191 Å². The predicted molar refractivity (Wildman–Crippen MR) is 533 cm³/mol. The summed E-state index contributed by atoms with van der Waals surface area (Å²) in [6.07, 6.45) is 0. The Kier molecular flexibility index (Phi) is 21.0. The molecule has 0 saturated heterocycles. The molecule has 3 aliphatic rings. The summed E-state index contributed by atoms with van der Waals surface area (Å²) in [6.45, 7) is 14.0. The summed E-state index contributed by atoms with van der Waals surface area (Å²) in [5.41, 5.74) is 41.1. The molecule has 0 N–H and O–H groups in total. The number of nitrogens with zero attached hydrogens (tertiary/aromatic N) is 7. The lowest BCUT2D eigenvalue weighted by Crippen LogP contribution is -2.14. The highest BCUT2D eigenvalue weighted by Crippen LogP contribution is 2.56. The lowest BCUT2D eigenvalue weighted by Gasteiger charge is -2.21. The second-order valence-corrected chi connectivity index (χ2v) is 35.0. The summed E-state index contributed by atoms with van der Waals surface area (Å²) in [5, 5.41) is 0. The summed E-state index contributed by atoms with van der Waals surface area (Å²) in [5.74, 6) is 3.42. The van der Waals surface area contributed by atoms with Gasteiger partial charge in [-0.2, -0.15) is 0 Å². The average Bonchev–Trinajstić information content (AvgIpc) is 1.58. The summed E-state index contributed by atoms with van der Waals surface area (Å²) < 4.78 is 0. The first kappa shape index (κ1) is 80.0. The smallest absolute Gasteiger partial charge is 0.164 e. The van der Waals surface area contributed by atoms with Gasteiger partial charge in [0.2, 0.25) is 0 Å². The molecule has 0 radical (unpaired) electrons. The van der Waals surface area contributed by atoms with Crippen LogP contribution in [0.1, 0.15) is 74.9 Å². The van der Waals surface area contributed by atoms with Gasteiger partial charge in [-0.3, -0.25) is 0 Å². The van der Waals surface area contributed by atoms with Gasteiger partial charge in [0.15, 0.2) is 29.1 Å². The van der Waals surface area contributed by atoms with E-state index < -0.39 is 0 Å². The molecule has 7 nitrogen and oxygen atoms in total. The number of hydrogen-bond acceptors (Lipinski definition) is 7. The minimum Gasteiger partial charge on any atom is -0.228 e. The van der Waals surface area contributed by atoms with Crippen LogP contribution in [0.5, 0.6) is 0 Å². The summed E-state index contributed by atoms with van der Waals surface area (Å²) in [6, 6.07) is 156. The molecule has 20 aromatic rings. The first-order chi connectivity index (χ1) is 63.2. The summed E-state index contributed by atoms with van der Waals surface area (Å²) >= 11 is 0. The van der Waals surface area contributed by atoms with Crippen molar-refractivity contribution < 1.29 is 0 Å². The van der Waals surface area contributed by atoms with Crippen molar-refractivity contribution in [2.24, 2.45) is 0 Å². The van der Waals surface area contributed by atoms with E-state index in [0.29, 0.717) is 17.5 Å². The van der Waals surface area contributed by atoms with Crippen molar-refractivity contribution in [2.45, 2.75) is 57.8 Å². The van der Waals surface area contributed by atoms with Gasteiger partial charge in [-0.25, -0.2) is 34.9 Å². The van der Waals surface area contributed by atoms with Crippen molar-refractivity contribution >= 4 is 0 Å². The molecule has 0 unspecified atom stereocenters. The van der Waals surface area contributed by atoms with E-state index in [1.54, 1.807) is 0 Å². The highest BCUT2D eigenvalue weighted by atomic mass is 15.0. The number of benzene rings is 17. The third-order valence-electron chi connectivity index (χ3n) is 26.0. The third kappa shape index (κ3) is 15.3. The molecule has 3 aromatic heterocycles. The largest absolute Gasteiger partial charge is 0.228 e. The topological polar surface area (TPSA) is 90.2 Å². The zero-order chi connectivity index (χ0) is 87.2. The van der Waals surface area contributed by atoms with Crippen LogP contribution in [0.4, 0.5) is 0 Å². The maximum Gasteiger partial charge on any atom is 0.164 e. The molecule has 0 bridgehead atoms. The Labute approximate surface area is 754 Å². The summed E-state index contributed by atoms with van der Waals surface area (Å²) in [7, 11) is 0. The molecule has 129 heavy (non-hydrogen) atoms. The van der Waals surface area contributed by atoms with Gasteiger partial charge in [-0.05, 0) is 159 Å². The number of fused-ring (bicyclic) bond motifs is 9. The molecular formula is C122H91N7. The quantitative estimate of drug-likeness (QED) is 0.107. The van der Waals surface area contributed by atoms with Crippen molar-refractivity contribution in [2.75, 3.05) is 0 Å². The van der Waals surface area contributed by atoms with E-state index in [9.17, 15) is 0 Å². The first-order valence-corrected chi connectivity index (χ1v) is 44.3. The SMILES string of the molecule is CC1(C)c2ccccc2-c2c(-c3ccc(-c4cccc(-c5nc(-c6ccccc6)cc(-c6ccccc6)n5)c4)cc3)cccc21.CC1(C)c2ccccc2-c2c(-c3cccc(-c4cccc(-c5nc(-c6ccccc6)nc(-c6ccccc6)n5)c4)c3)cccc21.CC1(C)c2ccccc2-c2c(-c3cccc(-c4nc(-c5ccccc5)cc(-c5ccccc5)n4)c3)cccc21. The Morgan fingerprint density at radius 3 is 0.659 bits per heavy atom. The molecule has 17 aromatic carbocycles.